The van der Waals surface area contributed by atoms with Crippen LogP contribution in [-0.4, -0.2) is 30.3 Å². The Morgan fingerprint density at radius 1 is 1.16 bits per heavy atom. The summed E-state index contributed by atoms with van der Waals surface area (Å²) in [7, 11) is -4.01. The Balaban J connectivity index is 1.80. The number of aromatic nitrogens is 2. The lowest BCUT2D eigenvalue weighted by atomic mass is 10.1. The molecule has 1 aromatic heterocycles. The Morgan fingerprint density at radius 3 is 2.62 bits per heavy atom. The number of thioether (sulfide) groups is 1. The van der Waals surface area contributed by atoms with Crippen molar-refractivity contribution in [1.29, 1.82) is 0 Å². The summed E-state index contributed by atoms with van der Waals surface area (Å²) < 4.78 is 29.3. The zero-order chi connectivity index (χ0) is 23.5. The second kappa shape index (κ2) is 10.2. The highest BCUT2D eigenvalue weighted by atomic mass is 35.5. The molecule has 32 heavy (non-hydrogen) atoms. The lowest BCUT2D eigenvalue weighted by Gasteiger charge is -2.13. The molecule has 1 heterocycles. The van der Waals surface area contributed by atoms with E-state index in [4.69, 9.17) is 11.6 Å². The van der Waals surface area contributed by atoms with Crippen LogP contribution >= 0.6 is 34.7 Å². The lowest BCUT2D eigenvalue weighted by Crippen LogP contribution is -2.17. The first-order chi connectivity index (χ1) is 15.0. The number of benzene rings is 2. The predicted molar refractivity (Wildman–Crippen MR) is 132 cm³/mol. The highest BCUT2D eigenvalue weighted by molar-refractivity contribution is 8.01. The molecule has 0 fully saturated rings. The van der Waals surface area contributed by atoms with Gasteiger partial charge in [-0.2, -0.15) is 0 Å². The standard InChI is InChI=1S/C21H23ClN4O3S3/c1-12(2)11-30-21-25-24-20(31-21)23-19(27)15-7-8-16(22)18(10-15)32(28,29)26-17-9-13(3)5-6-14(17)4/h5-10,12,26H,11H2,1-4H3,(H,23,24,27). The third-order valence-electron chi connectivity index (χ3n) is 4.29. The summed E-state index contributed by atoms with van der Waals surface area (Å²) in [5, 5.41) is 11.1. The molecule has 0 aliphatic heterocycles. The molecule has 3 aromatic rings. The molecule has 0 radical (unpaired) electrons. The van der Waals surface area contributed by atoms with E-state index in [0.717, 1.165) is 21.2 Å². The molecule has 0 unspecified atom stereocenters. The van der Waals surface area contributed by atoms with Crippen molar-refractivity contribution in [2.24, 2.45) is 5.92 Å². The van der Waals surface area contributed by atoms with Gasteiger partial charge in [-0.25, -0.2) is 8.42 Å². The largest absolute Gasteiger partial charge is 0.296 e. The monoisotopic (exact) mass is 510 g/mol. The van der Waals surface area contributed by atoms with E-state index in [1.165, 1.54) is 29.5 Å². The quantitative estimate of drug-likeness (QED) is 0.301. The van der Waals surface area contributed by atoms with Crippen molar-refractivity contribution < 1.29 is 13.2 Å². The second-order valence-electron chi connectivity index (χ2n) is 7.60. The molecule has 2 N–H and O–H groups in total. The predicted octanol–water partition coefficient (Wildman–Crippen LogP) is 5.61. The highest BCUT2D eigenvalue weighted by Gasteiger charge is 2.22. The molecule has 0 aliphatic carbocycles. The van der Waals surface area contributed by atoms with Crippen LogP contribution in [0.25, 0.3) is 0 Å². The number of aryl methyl sites for hydroxylation is 2. The van der Waals surface area contributed by atoms with Gasteiger partial charge in [0.15, 0.2) is 4.34 Å². The van der Waals surface area contributed by atoms with Gasteiger partial charge in [-0.15, -0.1) is 10.2 Å². The molecule has 0 spiro atoms. The van der Waals surface area contributed by atoms with Crippen molar-refractivity contribution in [3.8, 4) is 0 Å². The van der Waals surface area contributed by atoms with Crippen LogP contribution in [0.2, 0.25) is 5.02 Å². The molecule has 0 atom stereocenters. The van der Waals surface area contributed by atoms with E-state index in [1.54, 1.807) is 24.8 Å². The van der Waals surface area contributed by atoms with Crippen LogP contribution in [-0.2, 0) is 10.0 Å². The Morgan fingerprint density at radius 2 is 1.91 bits per heavy atom. The van der Waals surface area contributed by atoms with Crippen LogP contribution in [0.15, 0.2) is 45.6 Å². The van der Waals surface area contributed by atoms with Crippen LogP contribution in [0.5, 0.6) is 0 Å². The number of amides is 1. The summed E-state index contributed by atoms with van der Waals surface area (Å²) in [6.07, 6.45) is 0. The normalized spacial score (nSPS) is 11.6. The molecule has 170 valence electrons. The third-order valence-corrected chi connectivity index (χ3v) is 8.53. The number of nitrogens with zero attached hydrogens (tertiary/aromatic N) is 2. The molecular formula is C21H23ClN4O3S3. The Hall–Kier alpha value is -2.14. The van der Waals surface area contributed by atoms with Crippen molar-refractivity contribution >= 4 is 61.4 Å². The van der Waals surface area contributed by atoms with Gasteiger partial charge >= 0.3 is 0 Å². The Bertz CT molecular complexity index is 1240. The molecule has 0 bridgehead atoms. The fraction of sp³-hybridized carbons (Fsp3) is 0.286. The van der Waals surface area contributed by atoms with Crippen LogP contribution < -0.4 is 10.0 Å². The number of anilines is 2. The first-order valence-electron chi connectivity index (χ1n) is 9.72. The molecule has 2 aromatic carbocycles. The van der Waals surface area contributed by atoms with E-state index in [1.807, 2.05) is 19.1 Å². The van der Waals surface area contributed by atoms with Crippen molar-refractivity contribution in [1.82, 2.24) is 10.2 Å². The van der Waals surface area contributed by atoms with Gasteiger partial charge in [0.2, 0.25) is 5.13 Å². The van der Waals surface area contributed by atoms with Crippen LogP contribution in [0.4, 0.5) is 10.8 Å². The van der Waals surface area contributed by atoms with Gasteiger partial charge in [-0.05, 0) is 55.2 Å². The van der Waals surface area contributed by atoms with Crippen molar-refractivity contribution in [2.75, 3.05) is 15.8 Å². The number of halogens is 1. The van der Waals surface area contributed by atoms with E-state index in [2.05, 4.69) is 34.1 Å². The van der Waals surface area contributed by atoms with E-state index in [0.29, 0.717) is 16.7 Å². The SMILES string of the molecule is Cc1ccc(C)c(NS(=O)(=O)c2cc(C(=O)Nc3nnc(SCC(C)C)s3)ccc2Cl)c1. The molecule has 0 saturated heterocycles. The maximum absolute atomic E-state index is 13.0. The minimum Gasteiger partial charge on any atom is -0.296 e. The van der Waals surface area contributed by atoms with Gasteiger partial charge in [0, 0.05) is 11.3 Å². The van der Waals surface area contributed by atoms with Gasteiger partial charge in [-0.3, -0.25) is 14.8 Å². The van der Waals surface area contributed by atoms with Crippen LogP contribution in [0.1, 0.15) is 35.3 Å². The lowest BCUT2D eigenvalue weighted by molar-refractivity contribution is 0.102. The minimum absolute atomic E-state index is 0.0163. The van der Waals surface area contributed by atoms with E-state index < -0.39 is 15.9 Å². The second-order valence-corrected chi connectivity index (χ2v) is 11.9. The molecule has 0 saturated carbocycles. The zero-order valence-electron chi connectivity index (χ0n) is 18.0. The number of hydrogen-bond acceptors (Lipinski definition) is 7. The third kappa shape index (κ3) is 6.22. The summed E-state index contributed by atoms with van der Waals surface area (Å²) >= 11 is 9.01. The average Bonchev–Trinajstić information content (AvgIpc) is 3.16. The number of carbonyl (C=O) groups excluding carboxylic acids is 1. The summed E-state index contributed by atoms with van der Waals surface area (Å²) in [6.45, 7) is 7.89. The fourth-order valence-corrected chi connectivity index (χ4v) is 5.99. The topological polar surface area (TPSA) is 101 Å². The number of sulfonamides is 1. The minimum atomic E-state index is -4.01. The smallest absolute Gasteiger partial charge is 0.263 e. The number of hydrogen-bond donors (Lipinski definition) is 2. The van der Waals surface area contributed by atoms with Crippen molar-refractivity contribution in [3.63, 3.8) is 0 Å². The van der Waals surface area contributed by atoms with Gasteiger partial charge in [0.1, 0.15) is 4.90 Å². The zero-order valence-corrected chi connectivity index (χ0v) is 21.2. The molecule has 11 heteroatoms. The van der Waals surface area contributed by atoms with Gasteiger partial charge in [-0.1, -0.05) is 60.7 Å². The maximum atomic E-state index is 13.0. The fourth-order valence-electron chi connectivity index (χ4n) is 2.62. The van der Waals surface area contributed by atoms with Crippen molar-refractivity contribution in [3.05, 3.63) is 58.1 Å². The summed E-state index contributed by atoms with van der Waals surface area (Å²) in [5.74, 6) is 0.906. The Labute approximate surface area is 201 Å². The first kappa shape index (κ1) is 24.5. The van der Waals surface area contributed by atoms with Crippen molar-refractivity contribution in [2.45, 2.75) is 36.9 Å². The number of carbonyl (C=O) groups is 1. The van der Waals surface area contributed by atoms with Gasteiger partial charge in [0.25, 0.3) is 15.9 Å². The highest BCUT2D eigenvalue weighted by Crippen LogP contribution is 2.29. The van der Waals surface area contributed by atoms with Gasteiger partial charge < -0.3 is 0 Å². The van der Waals surface area contributed by atoms with E-state index in [-0.39, 0.29) is 15.5 Å². The number of nitrogens with one attached hydrogen (secondary N) is 2. The first-order valence-corrected chi connectivity index (χ1v) is 13.4. The Kier molecular flexibility index (Phi) is 7.81. The van der Waals surface area contributed by atoms with E-state index in [9.17, 15) is 13.2 Å². The summed E-state index contributed by atoms with van der Waals surface area (Å²) in [4.78, 5) is 12.5. The molecule has 3 rings (SSSR count). The average molecular weight is 511 g/mol. The molecule has 7 nitrogen and oxygen atoms in total. The molecule has 1 amide bonds. The molecule has 0 aliphatic rings. The summed E-state index contributed by atoms with van der Waals surface area (Å²) in [5.41, 5.74) is 2.28. The van der Waals surface area contributed by atoms with Crippen LogP contribution in [0, 0.1) is 19.8 Å². The summed E-state index contributed by atoms with van der Waals surface area (Å²) in [6, 6.07) is 9.56. The van der Waals surface area contributed by atoms with Crippen LogP contribution in [0.3, 0.4) is 0 Å². The molecular weight excluding hydrogens is 488 g/mol. The maximum Gasteiger partial charge on any atom is 0.263 e. The van der Waals surface area contributed by atoms with Gasteiger partial charge in [0.05, 0.1) is 10.7 Å². The van der Waals surface area contributed by atoms with E-state index >= 15 is 0 Å². The number of rotatable bonds is 8.